The van der Waals surface area contributed by atoms with E-state index in [0.29, 0.717) is 12.2 Å². The van der Waals surface area contributed by atoms with Crippen molar-refractivity contribution in [2.45, 2.75) is 53.6 Å². The Morgan fingerprint density at radius 2 is 1.65 bits per heavy atom. The van der Waals surface area contributed by atoms with Crippen molar-refractivity contribution in [1.29, 1.82) is 0 Å². The van der Waals surface area contributed by atoms with Crippen LogP contribution in [0.5, 0.6) is 0 Å². The summed E-state index contributed by atoms with van der Waals surface area (Å²) in [5.74, 6) is -0.449. The third kappa shape index (κ3) is 7.87. The van der Waals surface area contributed by atoms with Gasteiger partial charge in [0.15, 0.2) is 0 Å². The minimum Gasteiger partial charge on any atom is -0.354 e. The summed E-state index contributed by atoms with van der Waals surface area (Å²) in [5, 5.41) is 2.88. The van der Waals surface area contributed by atoms with Crippen molar-refractivity contribution in [2.24, 2.45) is 5.92 Å². The molecule has 2 rings (SSSR count). The molecular weight excluding hydrogens is 450 g/mol. The Kier molecular flexibility index (Phi) is 9.67. The first-order valence-electron chi connectivity index (χ1n) is 11.6. The van der Waals surface area contributed by atoms with Crippen LogP contribution in [0.25, 0.3) is 0 Å². The maximum Gasteiger partial charge on any atom is 0.244 e. The molecule has 0 aliphatic rings. The quantitative estimate of drug-likeness (QED) is 0.525. The topological polar surface area (TPSA) is 86.8 Å². The van der Waals surface area contributed by atoms with E-state index in [1.165, 1.54) is 4.90 Å². The summed E-state index contributed by atoms with van der Waals surface area (Å²) in [6, 6.07) is 14.0. The van der Waals surface area contributed by atoms with Crippen molar-refractivity contribution in [1.82, 2.24) is 10.2 Å². The van der Waals surface area contributed by atoms with E-state index < -0.39 is 28.5 Å². The van der Waals surface area contributed by atoms with Gasteiger partial charge < -0.3 is 10.2 Å². The monoisotopic (exact) mass is 487 g/mol. The largest absolute Gasteiger partial charge is 0.354 e. The highest BCUT2D eigenvalue weighted by molar-refractivity contribution is 7.92. The van der Waals surface area contributed by atoms with Crippen molar-refractivity contribution in [2.75, 3.05) is 23.7 Å². The summed E-state index contributed by atoms with van der Waals surface area (Å²) in [5.41, 5.74) is 3.39. The van der Waals surface area contributed by atoms with E-state index in [1.54, 1.807) is 19.1 Å². The van der Waals surface area contributed by atoms with Gasteiger partial charge in [0.2, 0.25) is 21.8 Å². The summed E-state index contributed by atoms with van der Waals surface area (Å²) in [6.45, 7) is 9.94. The third-order valence-corrected chi connectivity index (χ3v) is 6.74. The van der Waals surface area contributed by atoms with Crippen LogP contribution < -0.4 is 9.62 Å². The van der Waals surface area contributed by atoms with Crippen molar-refractivity contribution < 1.29 is 18.0 Å². The molecule has 0 aromatic heterocycles. The molecule has 8 heteroatoms. The number of nitrogens with one attached hydrogen (secondary N) is 1. The van der Waals surface area contributed by atoms with Crippen molar-refractivity contribution in [3.63, 3.8) is 0 Å². The van der Waals surface area contributed by atoms with Gasteiger partial charge in [-0.25, -0.2) is 8.42 Å². The first kappa shape index (κ1) is 27.4. The molecule has 34 heavy (non-hydrogen) atoms. The molecule has 1 unspecified atom stereocenters. The van der Waals surface area contributed by atoms with E-state index in [9.17, 15) is 18.0 Å². The van der Waals surface area contributed by atoms with Gasteiger partial charge in [-0.2, -0.15) is 0 Å². The predicted octanol–water partition coefficient (Wildman–Crippen LogP) is 3.51. The molecule has 0 bridgehead atoms. The zero-order chi connectivity index (χ0) is 25.5. The van der Waals surface area contributed by atoms with E-state index in [2.05, 4.69) is 5.32 Å². The Labute approximate surface area is 204 Å². The minimum absolute atomic E-state index is 0.198. The zero-order valence-electron chi connectivity index (χ0n) is 21.0. The first-order chi connectivity index (χ1) is 15.9. The van der Waals surface area contributed by atoms with E-state index in [1.807, 2.05) is 64.1 Å². The number of sulfonamides is 1. The van der Waals surface area contributed by atoms with Gasteiger partial charge in [0, 0.05) is 13.1 Å². The maximum atomic E-state index is 13.5. The SMILES string of the molecule is CCc1ccc(N(CC(=O)N(Cc2cccc(C)c2)C(C)C(=O)NCC(C)C)S(C)(=O)=O)cc1. The lowest BCUT2D eigenvalue weighted by Crippen LogP contribution is -2.51. The molecule has 1 atom stereocenters. The number of anilines is 1. The number of hydrogen-bond donors (Lipinski definition) is 1. The van der Waals surface area contributed by atoms with Gasteiger partial charge in [-0.3, -0.25) is 13.9 Å². The molecular formula is C26H37N3O4S. The average molecular weight is 488 g/mol. The van der Waals surface area contributed by atoms with Crippen LogP contribution in [-0.2, 0) is 32.6 Å². The van der Waals surface area contributed by atoms with Crippen molar-refractivity contribution >= 4 is 27.5 Å². The standard InChI is InChI=1S/C26H37N3O4S/c1-7-22-11-13-24(14-12-22)29(34(6,32)33)18-25(30)28(17-23-10-8-9-20(4)15-23)21(5)26(31)27-16-19(2)3/h8-15,19,21H,7,16-18H2,1-6H3,(H,27,31). The van der Waals surface area contributed by atoms with Crippen LogP contribution in [0, 0.1) is 12.8 Å². The fourth-order valence-corrected chi connectivity index (χ4v) is 4.40. The molecule has 0 heterocycles. The van der Waals surface area contributed by atoms with Gasteiger partial charge in [0.25, 0.3) is 0 Å². The van der Waals surface area contributed by atoms with E-state index >= 15 is 0 Å². The van der Waals surface area contributed by atoms with Crippen LogP contribution in [0.3, 0.4) is 0 Å². The van der Waals surface area contributed by atoms with Gasteiger partial charge in [0.1, 0.15) is 12.6 Å². The number of rotatable bonds is 11. The smallest absolute Gasteiger partial charge is 0.244 e. The van der Waals surface area contributed by atoms with Crippen LogP contribution in [0.15, 0.2) is 48.5 Å². The van der Waals surface area contributed by atoms with Crippen molar-refractivity contribution in [3.8, 4) is 0 Å². The Morgan fingerprint density at radius 3 is 2.18 bits per heavy atom. The molecule has 0 aliphatic carbocycles. The molecule has 186 valence electrons. The molecule has 0 fully saturated rings. The lowest BCUT2D eigenvalue weighted by Gasteiger charge is -2.31. The summed E-state index contributed by atoms with van der Waals surface area (Å²) >= 11 is 0. The highest BCUT2D eigenvalue weighted by atomic mass is 32.2. The fraction of sp³-hybridized carbons (Fsp3) is 0.462. The summed E-state index contributed by atoms with van der Waals surface area (Å²) in [4.78, 5) is 27.8. The molecule has 0 saturated carbocycles. The molecule has 7 nitrogen and oxygen atoms in total. The van der Waals surface area contributed by atoms with Crippen LogP contribution in [-0.4, -0.2) is 50.5 Å². The summed E-state index contributed by atoms with van der Waals surface area (Å²) < 4.78 is 26.3. The van der Waals surface area contributed by atoms with Gasteiger partial charge in [-0.05, 0) is 49.4 Å². The molecule has 0 saturated heterocycles. The number of carbonyl (C=O) groups excluding carboxylic acids is 2. The zero-order valence-corrected chi connectivity index (χ0v) is 21.9. The Hall–Kier alpha value is -2.87. The number of benzene rings is 2. The number of carbonyl (C=O) groups is 2. The molecule has 2 amide bonds. The molecule has 0 radical (unpaired) electrons. The average Bonchev–Trinajstić information content (AvgIpc) is 2.78. The minimum atomic E-state index is -3.73. The maximum absolute atomic E-state index is 13.5. The lowest BCUT2D eigenvalue weighted by atomic mass is 10.1. The van der Waals surface area contributed by atoms with Gasteiger partial charge >= 0.3 is 0 Å². The highest BCUT2D eigenvalue weighted by Crippen LogP contribution is 2.20. The van der Waals surface area contributed by atoms with Crippen LogP contribution >= 0.6 is 0 Å². The third-order valence-electron chi connectivity index (χ3n) is 5.60. The second-order valence-corrected chi connectivity index (χ2v) is 11.0. The Morgan fingerprint density at radius 1 is 1.00 bits per heavy atom. The van der Waals surface area contributed by atoms with E-state index in [-0.39, 0.29) is 18.4 Å². The Balaban J connectivity index is 2.35. The van der Waals surface area contributed by atoms with Gasteiger partial charge in [0.05, 0.1) is 11.9 Å². The number of hydrogen-bond acceptors (Lipinski definition) is 4. The van der Waals surface area contributed by atoms with Crippen molar-refractivity contribution in [3.05, 3.63) is 65.2 Å². The van der Waals surface area contributed by atoms with E-state index in [4.69, 9.17) is 0 Å². The van der Waals surface area contributed by atoms with E-state index in [0.717, 1.165) is 33.7 Å². The molecule has 0 aliphatic heterocycles. The molecule has 0 spiro atoms. The predicted molar refractivity (Wildman–Crippen MR) is 137 cm³/mol. The second-order valence-electron chi connectivity index (χ2n) is 9.12. The van der Waals surface area contributed by atoms with Gasteiger partial charge in [-0.15, -0.1) is 0 Å². The second kappa shape index (κ2) is 12.0. The highest BCUT2D eigenvalue weighted by Gasteiger charge is 2.30. The molecule has 2 aromatic carbocycles. The summed E-state index contributed by atoms with van der Waals surface area (Å²) in [7, 11) is -3.73. The van der Waals surface area contributed by atoms with Crippen LogP contribution in [0.2, 0.25) is 0 Å². The van der Waals surface area contributed by atoms with Crippen LogP contribution in [0.1, 0.15) is 44.4 Å². The Bertz CT molecular complexity index is 1080. The molecule has 1 N–H and O–H groups in total. The number of amides is 2. The molecule has 2 aromatic rings. The van der Waals surface area contributed by atoms with Crippen LogP contribution in [0.4, 0.5) is 5.69 Å². The lowest BCUT2D eigenvalue weighted by molar-refractivity contribution is -0.139. The van der Waals surface area contributed by atoms with Gasteiger partial charge in [-0.1, -0.05) is 62.7 Å². The first-order valence-corrected chi connectivity index (χ1v) is 13.5. The number of aryl methyl sites for hydroxylation is 2. The summed E-state index contributed by atoms with van der Waals surface area (Å²) in [6.07, 6.45) is 1.91. The fourth-order valence-electron chi connectivity index (χ4n) is 3.55. The number of nitrogens with zero attached hydrogens (tertiary/aromatic N) is 2. The normalized spacial score (nSPS) is 12.3.